The van der Waals surface area contributed by atoms with Crippen molar-refractivity contribution in [3.05, 3.63) is 69.4 Å². The van der Waals surface area contributed by atoms with E-state index < -0.39 is 17.8 Å². The van der Waals surface area contributed by atoms with E-state index in [9.17, 15) is 13.2 Å². The molecule has 4 aromatic rings. The van der Waals surface area contributed by atoms with Crippen molar-refractivity contribution in [2.45, 2.75) is 19.1 Å². The molecule has 0 aliphatic rings. The van der Waals surface area contributed by atoms with E-state index >= 15 is 0 Å². The van der Waals surface area contributed by atoms with Gasteiger partial charge in [0.15, 0.2) is 0 Å². The molecule has 1 unspecified atom stereocenters. The lowest BCUT2D eigenvalue weighted by Crippen LogP contribution is -2.13. The Morgan fingerprint density at radius 1 is 0.935 bits per heavy atom. The molecule has 0 spiro atoms. The number of hydrogen-bond donors (Lipinski definition) is 1. The van der Waals surface area contributed by atoms with E-state index in [1.54, 1.807) is 30.7 Å². The molecule has 0 saturated heterocycles. The minimum Gasteiger partial charge on any atom is -0.361 e. The standard InChI is InChI=1S/C20H13Br2F3N6/c1-10(16-18(27-5-4-26-16)15-3-2-11(21)8-28-15)31-19-13-6-12(22)7-14(20(23,24)25)17(13)29-9-30-19/h2-10H,1H3,(H,29,30,31). The van der Waals surface area contributed by atoms with Gasteiger partial charge in [0.2, 0.25) is 0 Å². The molecule has 6 nitrogen and oxygen atoms in total. The molecular formula is C20H13Br2F3N6. The summed E-state index contributed by atoms with van der Waals surface area (Å²) in [6.07, 6.45) is 1.31. The molecule has 0 radical (unpaired) electrons. The lowest BCUT2D eigenvalue weighted by atomic mass is 10.1. The number of hydrogen-bond acceptors (Lipinski definition) is 6. The van der Waals surface area contributed by atoms with Crippen LogP contribution in [0.25, 0.3) is 22.3 Å². The van der Waals surface area contributed by atoms with Crippen LogP contribution in [0.15, 0.2) is 58.1 Å². The first-order valence-electron chi connectivity index (χ1n) is 8.95. The summed E-state index contributed by atoms with van der Waals surface area (Å²) in [4.78, 5) is 21.2. The summed E-state index contributed by atoms with van der Waals surface area (Å²) in [7, 11) is 0. The van der Waals surface area contributed by atoms with Gasteiger partial charge in [0, 0.05) is 32.9 Å². The van der Waals surface area contributed by atoms with Gasteiger partial charge in [-0.2, -0.15) is 13.2 Å². The maximum absolute atomic E-state index is 13.5. The van der Waals surface area contributed by atoms with Crippen LogP contribution in [0.5, 0.6) is 0 Å². The van der Waals surface area contributed by atoms with Gasteiger partial charge in [-0.1, -0.05) is 15.9 Å². The van der Waals surface area contributed by atoms with Crippen molar-refractivity contribution < 1.29 is 13.2 Å². The molecule has 0 aliphatic heterocycles. The van der Waals surface area contributed by atoms with Crippen LogP contribution < -0.4 is 5.32 Å². The van der Waals surface area contributed by atoms with Gasteiger partial charge in [0.05, 0.1) is 28.5 Å². The third-order valence-corrected chi connectivity index (χ3v) is 5.40. The third-order valence-electron chi connectivity index (χ3n) is 4.47. The number of rotatable bonds is 4. The fourth-order valence-electron chi connectivity index (χ4n) is 3.12. The lowest BCUT2D eigenvalue weighted by Gasteiger charge is -2.18. The first-order chi connectivity index (χ1) is 14.7. The predicted octanol–water partition coefficient (Wildman–Crippen LogP) is 6.20. The van der Waals surface area contributed by atoms with Gasteiger partial charge in [-0.3, -0.25) is 15.0 Å². The summed E-state index contributed by atoms with van der Waals surface area (Å²) < 4.78 is 41.6. The van der Waals surface area contributed by atoms with Crippen molar-refractivity contribution in [3.63, 3.8) is 0 Å². The molecule has 0 fully saturated rings. The van der Waals surface area contributed by atoms with E-state index in [-0.39, 0.29) is 21.2 Å². The van der Waals surface area contributed by atoms with Gasteiger partial charge < -0.3 is 5.32 Å². The fourth-order valence-corrected chi connectivity index (χ4v) is 3.81. The SMILES string of the molecule is CC(Nc1ncnc2c(C(F)(F)F)cc(Br)cc12)c1nccnc1-c1ccc(Br)cn1. The summed E-state index contributed by atoms with van der Waals surface area (Å²) in [6, 6.07) is 5.76. The van der Waals surface area contributed by atoms with Crippen LogP contribution in [-0.2, 0) is 6.18 Å². The molecular weight excluding hydrogens is 541 g/mol. The zero-order valence-electron chi connectivity index (χ0n) is 15.8. The lowest BCUT2D eigenvalue weighted by molar-refractivity contribution is -0.136. The first kappa shape index (κ1) is 21.6. The van der Waals surface area contributed by atoms with Crippen LogP contribution in [0.3, 0.4) is 0 Å². The highest BCUT2D eigenvalue weighted by molar-refractivity contribution is 9.10. The summed E-state index contributed by atoms with van der Waals surface area (Å²) in [5, 5.41) is 3.39. The molecule has 158 valence electrons. The first-order valence-corrected chi connectivity index (χ1v) is 10.5. The number of halogens is 5. The quantitative estimate of drug-likeness (QED) is 0.324. The Balaban J connectivity index is 1.76. The van der Waals surface area contributed by atoms with Gasteiger partial charge in [-0.15, -0.1) is 0 Å². The van der Waals surface area contributed by atoms with Gasteiger partial charge >= 0.3 is 6.18 Å². The van der Waals surface area contributed by atoms with E-state index in [1.165, 1.54) is 0 Å². The molecule has 1 aromatic carbocycles. The second kappa shape index (κ2) is 8.46. The number of anilines is 1. The van der Waals surface area contributed by atoms with Crippen molar-refractivity contribution in [3.8, 4) is 11.4 Å². The highest BCUT2D eigenvalue weighted by Gasteiger charge is 2.34. The predicted molar refractivity (Wildman–Crippen MR) is 117 cm³/mol. The molecule has 31 heavy (non-hydrogen) atoms. The third kappa shape index (κ3) is 4.52. The Labute approximate surface area is 191 Å². The number of nitrogens with zero attached hydrogens (tertiary/aromatic N) is 5. The maximum Gasteiger partial charge on any atom is 0.418 e. The van der Waals surface area contributed by atoms with E-state index in [0.717, 1.165) is 16.9 Å². The molecule has 0 bridgehead atoms. The molecule has 1 atom stereocenters. The molecule has 0 aliphatic carbocycles. The van der Waals surface area contributed by atoms with E-state index in [4.69, 9.17) is 0 Å². The Kier molecular flexibility index (Phi) is 5.89. The highest BCUT2D eigenvalue weighted by atomic mass is 79.9. The minimum atomic E-state index is -4.55. The molecule has 1 N–H and O–H groups in total. The average Bonchev–Trinajstić information content (AvgIpc) is 2.73. The monoisotopic (exact) mass is 552 g/mol. The Morgan fingerprint density at radius 2 is 1.71 bits per heavy atom. The van der Waals surface area contributed by atoms with Crippen LogP contribution >= 0.6 is 31.9 Å². The molecule has 0 amide bonds. The number of nitrogens with one attached hydrogen (secondary N) is 1. The van der Waals surface area contributed by atoms with Crippen LogP contribution in [0, 0.1) is 0 Å². The van der Waals surface area contributed by atoms with Gasteiger partial charge in [0.25, 0.3) is 0 Å². The molecule has 3 heterocycles. The summed E-state index contributed by atoms with van der Waals surface area (Å²) >= 11 is 6.50. The smallest absolute Gasteiger partial charge is 0.361 e. The van der Waals surface area contributed by atoms with E-state index in [0.29, 0.717) is 17.1 Å². The number of benzene rings is 1. The molecule has 3 aromatic heterocycles. The second-order valence-corrected chi connectivity index (χ2v) is 8.42. The topological polar surface area (TPSA) is 76.5 Å². The maximum atomic E-state index is 13.5. The minimum absolute atomic E-state index is 0.186. The Hall–Kier alpha value is -2.66. The number of fused-ring (bicyclic) bond motifs is 1. The van der Waals surface area contributed by atoms with Crippen molar-refractivity contribution in [1.29, 1.82) is 0 Å². The molecule has 4 rings (SSSR count). The van der Waals surface area contributed by atoms with Crippen LogP contribution in [-0.4, -0.2) is 24.9 Å². The van der Waals surface area contributed by atoms with Gasteiger partial charge in [0.1, 0.15) is 17.8 Å². The molecule has 0 saturated carbocycles. The number of aromatic nitrogens is 5. The molecule has 11 heteroatoms. The number of alkyl halides is 3. The van der Waals surface area contributed by atoms with Crippen molar-refractivity contribution >= 4 is 48.6 Å². The van der Waals surface area contributed by atoms with Crippen LogP contribution in [0.4, 0.5) is 19.0 Å². The highest BCUT2D eigenvalue weighted by Crippen LogP contribution is 2.38. The summed E-state index contributed by atoms with van der Waals surface area (Å²) in [6.45, 7) is 1.82. The summed E-state index contributed by atoms with van der Waals surface area (Å²) in [5.74, 6) is 0.254. The second-order valence-electron chi connectivity index (χ2n) is 6.59. The Morgan fingerprint density at radius 3 is 2.42 bits per heavy atom. The summed E-state index contributed by atoms with van der Waals surface area (Å²) in [5.41, 5.74) is 0.735. The van der Waals surface area contributed by atoms with Crippen molar-refractivity contribution in [2.24, 2.45) is 0 Å². The van der Waals surface area contributed by atoms with Gasteiger partial charge in [-0.25, -0.2) is 9.97 Å². The van der Waals surface area contributed by atoms with Crippen LogP contribution in [0.1, 0.15) is 24.2 Å². The van der Waals surface area contributed by atoms with Crippen molar-refractivity contribution in [2.75, 3.05) is 5.32 Å². The zero-order chi connectivity index (χ0) is 22.2. The normalized spacial score (nSPS) is 12.7. The van der Waals surface area contributed by atoms with Crippen LogP contribution in [0.2, 0.25) is 0 Å². The fraction of sp³-hybridized carbons (Fsp3) is 0.150. The largest absolute Gasteiger partial charge is 0.418 e. The average molecular weight is 554 g/mol. The van der Waals surface area contributed by atoms with Gasteiger partial charge in [-0.05, 0) is 47.1 Å². The Bertz CT molecular complexity index is 1250. The van der Waals surface area contributed by atoms with E-state index in [2.05, 4.69) is 62.1 Å². The van der Waals surface area contributed by atoms with Crippen molar-refractivity contribution in [1.82, 2.24) is 24.9 Å². The number of pyridine rings is 1. The zero-order valence-corrected chi connectivity index (χ0v) is 19.0. The van der Waals surface area contributed by atoms with E-state index in [1.807, 2.05) is 13.0 Å².